The molecular weight excluding hydrogens is 353 g/mol. The van der Waals surface area contributed by atoms with Crippen molar-refractivity contribution in [2.24, 2.45) is 5.92 Å². The van der Waals surface area contributed by atoms with Gasteiger partial charge in [-0.2, -0.15) is 13.2 Å². The second-order valence-electron chi connectivity index (χ2n) is 6.50. The van der Waals surface area contributed by atoms with E-state index in [0.29, 0.717) is 34.6 Å². The SMILES string of the molecule is CC(=O)c1ccc2ccc(OC3CCC(C(F)(F)F)CC3)c(Cl)c2c1. The van der Waals surface area contributed by atoms with Crippen LogP contribution in [0.2, 0.25) is 5.02 Å². The summed E-state index contributed by atoms with van der Waals surface area (Å²) in [5.74, 6) is -0.849. The topological polar surface area (TPSA) is 26.3 Å². The van der Waals surface area contributed by atoms with Crippen LogP contribution in [-0.4, -0.2) is 18.1 Å². The Morgan fingerprint density at radius 2 is 1.76 bits per heavy atom. The Bertz CT molecular complexity index is 793. The van der Waals surface area contributed by atoms with E-state index in [1.54, 1.807) is 18.2 Å². The number of halogens is 4. The van der Waals surface area contributed by atoms with E-state index >= 15 is 0 Å². The molecule has 0 atom stereocenters. The third-order valence-corrected chi connectivity index (χ3v) is 5.15. The number of alkyl halides is 3. The number of fused-ring (bicyclic) bond motifs is 1. The number of hydrogen-bond donors (Lipinski definition) is 0. The molecule has 25 heavy (non-hydrogen) atoms. The minimum absolute atomic E-state index is 0.0604. The largest absolute Gasteiger partial charge is 0.489 e. The molecule has 0 aliphatic heterocycles. The standard InChI is InChI=1S/C19H18ClF3O2/c1-11(24)13-3-2-12-4-9-17(18(20)16(12)10-13)25-15-7-5-14(6-8-15)19(21,22)23/h2-4,9-10,14-15H,5-8H2,1H3. The predicted molar refractivity (Wildman–Crippen MR) is 91.4 cm³/mol. The summed E-state index contributed by atoms with van der Waals surface area (Å²) in [5.41, 5.74) is 0.553. The number of hydrogen-bond acceptors (Lipinski definition) is 2. The Labute approximate surface area is 148 Å². The number of rotatable bonds is 3. The molecule has 134 valence electrons. The number of ether oxygens (including phenoxy) is 1. The molecule has 0 N–H and O–H groups in total. The van der Waals surface area contributed by atoms with E-state index in [1.165, 1.54) is 6.92 Å². The average Bonchev–Trinajstić information content (AvgIpc) is 2.57. The maximum absolute atomic E-state index is 12.7. The first-order chi connectivity index (χ1) is 11.8. The summed E-state index contributed by atoms with van der Waals surface area (Å²) in [6.45, 7) is 1.48. The monoisotopic (exact) mass is 370 g/mol. The van der Waals surface area contributed by atoms with Gasteiger partial charge in [0.15, 0.2) is 5.78 Å². The summed E-state index contributed by atoms with van der Waals surface area (Å²) in [6.07, 6.45) is -3.54. The lowest BCUT2D eigenvalue weighted by Crippen LogP contribution is -2.31. The first-order valence-corrected chi connectivity index (χ1v) is 8.60. The van der Waals surface area contributed by atoms with Crippen LogP contribution in [0.3, 0.4) is 0 Å². The lowest BCUT2D eigenvalue weighted by atomic mass is 9.87. The highest BCUT2D eigenvalue weighted by Gasteiger charge is 2.41. The molecule has 0 heterocycles. The first kappa shape index (κ1) is 18.1. The third kappa shape index (κ3) is 3.92. The molecule has 3 rings (SSSR count). The van der Waals surface area contributed by atoms with Crippen molar-refractivity contribution in [1.82, 2.24) is 0 Å². The minimum Gasteiger partial charge on any atom is -0.489 e. The van der Waals surface area contributed by atoms with Crippen molar-refractivity contribution in [2.45, 2.75) is 44.9 Å². The molecular formula is C19H18ClF3O2. The van der Waals surface area contributed by atoms with Crippen molar-refractivity contribution in [2.75, 3.05) is 0 Å². The van der Waals surface area contributed by atoms with E-state index in [4.69, 9.17) is 16.3 Å². The summed E-state index contributed by atoms with van der Waals surface area (Å²) < 4.78 is 44.1. The van der Waals surface area contributed by atoms with E-state index in [9.17, 15) is 18.0 Å². The molecule has 2 aromatic carbocycles. The highest BCUT2D eigenvalue weighted by molar-refractivity contribution is 6.37. The zero-order chi connectivity index (χ0) is 18.2. The van der Waals surface area contributed by atoms with Gasteiger partial charge in [0.1, 0.15) is 5.75 Å². The van der Waals surface area contributed by atoms with Gasteiger partial charge in [-0.15, -0.1) is 0 Å². The summed E-state index contributed by atoms with van der Waals surface area (Å²) in [7, 11) is 0. The molecule has 0 amide bonds. The molecule has 1 aliphatic rings. The number of Topliss-reactive ketones (excluding diaryl/α,β-unsaturated/α-hetero) is 1. The van der Waals surface area contributed by atoms with Gasteiger partial charge >= 0.3 is 6.18 Å². The Morgan fingerprint density at radius 3 is 2.36 bits per heavy atom. The number of carbonyl (C=O) groups is 1. The fourth-order valence-corrected chi connectivity index (χ4v) is 3.53. The van der Waals surface area contributed by atoms with E-state index in [2.05, 4.69) is 0 Å². The highest BCUT2D eigenvalue weighted by atomic mass is 35.5. The Balaban J connectivity index is 1.78. The van der Waals surface area contributed by atoms with Crippen molar-refractivity contribution >= 4 is 28.2 Å². The van der Waals surface area contributed by atoms with Crippen LogP contribution in [0.15, 0.2) is 30.3 Å². The summed E-state index contributed by atoms with van der Waals surface area (Å²) in [5, 5.41) is 1.97. The molecule has 1 fully saturated rings. The number of benzene rings is 2. The van der Waals surface area contributed by atoms with Gasteiger partial charge in [0, 0.05) is 10.9 Å². The molecule has 1 saturated carbocycles. The van der Waals surface area contributed by atoms with Gasteiger partial charge in [-0.1, -0.05) is 29.8 Å². The second-order valence-corrected chi connectivity index (χ2v) is 6.88. The van der Waals surface area contributed by atoms with Crippen molar-refractivity contribution in [1.29, 1.82) is 0 Å². The quantitative estimate of drug-likeness (QED) is 0.601. The van der Waals surface area contributed by atoms with Gasteiger partial charge in [-0.25, -0.2) is 0 Å². The molecule has 0 radical (unpaired) electrons. The van der Waals surface area contributed by atoms with Crippen LogP contribution < -0.4 is 4.74 Å². The zero-order valence-corrected chi connectivity index (χ0v) is 14.5. The number of carbonyl (C=O) groups excluding carboxylic acids is 1. The summed E-state index contributed by atoms with van der Waals surface area (Å²) in [4.78, 5) is 11.5. The molecule has 1 aliphatic carbocycles. The van der Waals surface area contributed by atoms with Crippen molar-refractivity contribution in [3.05, 3.63) is 40.9 Å². The lowest BCUT2D eigenvalue weighted by Gasteiger charge is -2.30. The maximum Gasteiger partial charge on any atom is 0.391 e. The average molecular weight is 371 g/mol. The van der Waals surface area contributed by atoms with Gasteiger partial charge in [0.2, 0.25) is 0 Å². The molecule has 6 heteroatoms. The van der Waals surface area contributed by atoms with E-state index < -0.39 is 12.1 Å². The van der Waals surface area contributed by atoms with Crippen LogP contribution in [-0.2, 0) is 0 Å². The van der Waals surface area contributed by atoms with Gasteiger partial charge in [-0.05, 0) is 50.1 Å². The first-order valence-electron chi connectivity index (χ1n) is 8.22. The summed E-state index contributed by atoms with van der Waals surface area (Å²) in [6, 6.07) is 8.83. The van der Waals surface area contributed by atoms with Crippen LogP contribution in [0, 0.1) is 5.92 Å². The maximum atomic E-state index is 12.7. The molecule has 0 spiro atoms. The Morgan fingerprint density at radius 1 is 1.12 bits per heavy atom. The molecule has 2 aromatic rings. The minimum atomic E-state index is -4.13. The van der Waals surface area contributed by atoms with E-state index in [1.807, 2.05) is 12.1 Å². The molecule has 0 aromatic heterocycles. The fourth-order valence-electron chi connectivity index (χ4n) is 3.26. The Hall–Kier alpha value is -1.75. The summed E-state index contributed by atoms with van der Waals surface area (Å²) >= 11 is 6.42. The number of ketones is 1. The van der Waals surface area contributed by atoms with E-state index in [0.717, 1.165) is 5.39 Å². The van der Waals surface area contributed by atoms with E-state index in [-0.39, 0.29) is 24.7 Å². The van der Waals surface area contributed by atoms with Gasteiger partial charge in [0.25, 0.3) is 0 Å². The molecule has 0 saturated heterocycles. The van der Waals surface area contributed by atoms with Crippen molar-refractivity contribution in [3.63, 3.8) is 0 Å². The van der Waals surface area contributed by atoms with Crippen LogP contribution >= 0.6 is 11.6 Å². The van der Waals surface area contributed by atoms with Gasteiger partial charge in [0.05, 0.1) is 17.0 Å². The van der Waals surface area contributed by atoms with Gasteiger partial charge < -0.3 is 4.74 Å². The van der Waals surface area contributed by atoms with Crippen molar-refractivity contribution in [3.8, 4) is 5.75 Å². The second kappa shape index (κ2) is 6.87. The fraction of sp³-hybridized carbons (Fsp3) is 0.421. The highest BCUT2D eigenvalue weighted by Crippen LogP contribution is 2.40. The lowest BCUT2D eigenvalue weighted by molar-refractivity contribution is -0.185. The normalized spacial score (nSPS) is 21.3. The smallest absolute Gasteiger partial charge is 0.391 e. The van der Waals surface area contributed by atoms with Crippen LogP contribution in [0.4, 0.5) is 13.2 Å². The third-order valence-electron chi connectivity index (χ3n) is 4.76. The van der Waals surface area contributed by atoms with Crippen LogP contribution in [0.1, 0.15) is 43.0 Å². The molecule has 0 bridgehead atoms. The predicted octanol–water partition coefficient (Wildman–Crippen LogP) is 6.20. The van der Waals surface area contributed by atoms with Crippen LogP contribution in [0.25, 0.3) is 10.8 Å². The Kier molecular flexibility index (Phi) is 4.96. The van der Waals surface area contributed by atoms with Gasteiger partial charge in [-0.3, -0.25) is 4.79 Å². The van der Waals surface area contributed by atoms with Crippen LogP contribution in [0.5, 0.6) is 5.75 Å². The molecule has 0 unspecified atom stereocenters. The zero-order valence-electron chi connectivity index (χ0n) is 13.7. The molecule has 2 nitrogen and oxygen atoms in total. The van der Waals surface area contributed by atoms with Crippen molar-refractivity contribution < 1.29 is 22.7 Å².